The van der Waals surface area contributed by atoms with Gasteiger partial charge in [0.1, 0.15) is 12.3 Å². The first-order valence-electron chi connectivity index (χ1n) is 11.5. The third-order valence-corrected chi connectivity index (χ3v) is 6.64. The van der Waals surface area contributed by atoms with Gasteiger partial charge in [0.05, 0.1) is 11.8 Å². The molecule has 1 aromatic carbocycles. The summed E-state index contributed by atoms with van der Waals surface area (Å²) in [6.07, 6.45) is 3.08. The fourth-order valence-electron chi connectivity index (χ4n) is 5.00. The zero-order valence-corrected chi connectivity index (χ0v) is 19.5. The maximum Gasteiger partial charge on any atom is 0.387 e. The molecule has 1 aliphatic carbocycles. The van der Waals surface area contributed by atoms with Gasteiger partial charge in [0.25, 0.3) is 0 Å². The summed E-state index contributed by atoms with van der Waals surface area (Å²) in [5.41, 5.74) is 2.28. The van der Waals surface area contributed by atoms with Crippen LogP contribution in [0.1, 0.15) is 47.4 Å². The second-order valence-electron chi connectivity index (χ2n) is 8.84. The van der Waals surface area contributed by atoms with E-state index in [0.29, 0.717) is 29.8 Å². The summed E-state index contributed by atoms with van der Waals surface area (Å²) in [6.45, 7) is -0.455. The van der Waals surface area contributed by atoms with Gasteiger partial charge < -0.3 is 14.0 Å². The lowest BCUT2D eigenvalue weighted by atomic mass is 9.81. The highest BCUT2D eigenvalue weighted by atomic mass is 19.3. The SMILES string of the molecule is Cc1cc(C(=O)COC(=O)CN2C(=O)C3CCCCC3C2=O)c(C)n1-c1ccc(OC(F)F)cc1. The Bertz CT molecular complexity index is 1130. The van der Waals surface area contributed by atoms with Gasteiger partial charge in [-0.15, -0.1) is 0 Å². The topological polar surface area (TPSA) is 94.9 Å². The van der Waals surface area contributed by atoms with Gasteiger partial charge in [-0.2, -0.15) is 8.78 Å². The van der Waals surface area contributed by atoms with Gasteiger partial charge in [-0.1, -0.05) is 12.8 Å². The molecule has 2 aliphatic rings. The number of carbonyl (C=O) groups is 4. The molecule has 1 aliphatic heterocycles. The van der Waals surface area contributed by atoms with E-state index >= 15 is 0 Å². The first-order valence-corrected chi connectivity index (χ1v) is 11.5. The second kappa shape index (κ2) is 9.97. The number of likely N-dealkylation sites (tertiary alicyclic amines) is 1. The van der Waals surface area contributed by atoms with E-state index in [1.807, 2.05) is 0 Å². The molecule has 2 fully saturated rings. The summed E-state index contributed by atoms with van der Waals surface area (Å²) >= 11 is 0. The van der Waals surface area contributed by atoms with Crippen LogP contribution >= 0.6 is 0 Å². The van der Waals surface area contributed by atoms with Gasteiger partial charge in [0.2, 0.25) is 17.6 Å². The lowest BCUT2D eigenvalue weighted by Gasteiger charge is -2.19. The Morgan fingerprint density at radius 1 is 1.03 bits per heavy atom. The Balaban J connectivity index is 1.38. The molecule has 2 atom stereocenters. The van der Waals surface area contributed by atoms with Crippen LogP contribution in [-0.4, -0.2) is 52.8 Å². The Morgan fingerprint density at radius 2 is 1.63 bits per heavy atom. The van der Waals surface area contributed by atoms with E-state index in [4.69, 9.17) is 4.74 Å². The number of aryl methyl sites for hydroxylation is 1. The molecule has 0 N–H and O–H groups in total. The number of ether oxygens (including phenoxy) is 2. The van der Waals surface area contributed by atoms with E-state index in [1.165, 1.54) is 12.1 Å². The Kier molecular flexibility index (Phi) is 7.00. The van der Waals surface area contributed by atoms with Crippen molar-refractivity contribution < 1.29 is 37.4 Å². The van der Waals surface area contributed by atoms with Crippen molar-refractivity contribution in [1.82, 2.24) is 9.47 Å². The molecular weight excluding hydrogens is 462 g/mol. The lowest BCUT2D eigenvalue weighted by molar-refractivity contribution is -0.152. The van der Waals surface area contributed by atoms with Crippen LogP contribution in [0.15, 0.2) is 30.3 Å². The number of nitrogens with zero attached hydrogens (tertiary/aromatic N) is 2. The van der Waals surface area contributed by atoms with E-state index in [9.17, 15) is 28.0 Å². The smallest absolute Gasteiger partial charge is 0.387 e. The summed E-state index contributed by atoms with van der Waals surface area (Å²) in [4.78, 5) is 51.1. The van der Waals surface area contributed by atoms with Crippen molar-refractivity contribution >= 4 is 23.6 Å². The Morgan fingerprint density at radius 3 is 2.20 bits per heavy atom. The van der Waals surface area contributed by atoms with Crippen LogP contribution in [0.25, 0.3) is 5.69 Å². The van der Waals surface area contributed by atoms with E-state index in [-0.39, 0.29) is 29.4 Å². The molecule has 4 rings (SSSR count). The number of halogens is 2. The van der Waals surface area contributed by atoms with Gasteiger partial charge in [-0.25, -0.2) is 0 Å². The van der Waals surface area contributed by atoms with Gasteiger partial charge in [0.15, 0.2) is 6.61 Å². The number of fused-ring (bicyclic) bond motifs is 1. The highest BCUT2D eigenvalue weighted by Crippen LogP contribution is 2.37. The van der Waals surface area contributed by atoms with E-state index in [1.54, 1.807) is 36.6 Å². The number of carbonyl (C=O) groups excluding carboxylic acids is 4. The fraction of sp³-hybridized carbons (Fsp3) is 0.440. The van der Waals surface area contributed by atoms with Crippen LogP contribution in [0.5, 0.6) is 5.75 Å². The van der Waals surface area contributed by atoms with Crippen LogP contribution in [-0.2, 0) is 19.1 Å². The van der Waals surface area contributed by atoms with E-state index < -0.39 is 31.5 Å². The Labute approximate surface area is 200 Å². The minimum atomic E-state index is -2.92. The summed E-state index contributed by atoms with van der Waals surface area (Å²) in [6, 6.07) is 7.63. The molecule has 2 unspecified atom stereocenters. The Hall–Kier alpha value is -3.56. The molecule has 1 saturated heterocycles. The first-order chi connectivity index (χ1) is 16.7. The van der Waals surface area contributed by atoms with Gasteiger partial charge >= 0.3 is 12.6 Å². The van der Waals surface area contributed by atoms with E-state index in [2.05, 4.69) is 4.74 Å². The molecule has 35 heavy (non-hydrogen) atoms. The van der Waals surface area contributed by atoms with Gasteiger partial charge in [-0.05, 0) is 57.0 Å². The second-order valence-corrected chi connectivity index (χ2v) is 8.84. The minimum absolute atomic E-state index is 0.0173. The number of hydrogen-bond acceptors (Lipinski definition) is 6. The summed E-state index contributed by atoms with van der Waals surface area (Å²) in [7, 11) is 0. The third kappa shape index (κ3) is 4.96. The van der Waals surface area contributed by atoms with Crippen LogP contribution in [0.2, 0.25) is 0 Å². The summed E-state index contributed by atoms with van der Waals surface area (Å²) in [5, 5.41) is 0. The molecule has 0 spiro atoms. The van der Waals surface area contributed by atoms with Crippen LogP contribution in [0.4, 0.5) is 8.78 Å². The first kappa shape index (κ1) is 24.6. The number of esters is 1. The highest BCUT2D eigenvalue weighted by molar-refractivity contribution is 6.07. The molecule has 1 saturated carbocycles. The highest BCUT2D eigenvalue weighted by Gasteiger charge is 2.48. The van der Waals surface area contributed by atoms with Gasteiger partial charge in [-0.3, -0.25) is 24.1 Å². The zero-order chi connectivity index (χ0) is 25.3. The van der Waals surface area contributed by atoms with Crippen LogP contribution in [0.3, 0.4) is 0 Å². The van der Waals surface area contributed by atoms with Crippen molar-refractivity contribution in [3.05, 3.63) is 47.3 Å². The predicted octanol–water partition coefficient (Wildman–Crippen LogP) is 3.60. The van der Waals surface area contributed by atoms with Crippen molar-refractivity contribution in [2.45, 2.75) is 46.1 Å². The fourth-order valence-corrected chi connectivity index (χ4v) is 5.00. The molecule has 10 heteroatoms. The number of aromatic nitrogens is 1. The number of hydrogen-bond donors (Lipinski definition) is 0. The van der Waals surface area contributed by atoms with Gasteiger partial charge in [0, 0.05) is 22.6 Å². The van der Waals surface area contributed by atoms with Crippen molar-refractivity contribution in [3.63, 3.8) is 0 Å². The van der Waals surface area contributed by atoms with Crippen molar-refractivity contribution in [2.24, 2.45) is 11.8 Å². The number of benzene rings is 1. The molecule has 0 radical (unpaired) electrons. The zero-order valence-electron chi connectivity index (χ0n) is 19.5. The summed E-state index contributed by atoms with van der Waals surface area (Å²) in [5.74, 6) is -2.62. The van der Waals surface area contributed by atoms with Crippen molar-refractivity contribution in [3.8, 4) is 11.4 Å². The molecule has 2 aromatic rings. The quantitative estimate of drug-likeness (QED) is 0.320. The lowest BCUT2D eigenvalue weighted by Crippen LogP contribution is -2.37. The monoisotopic (exact) mass is 488 g/mol. The molecule has 2 amide bonds. The molecule has 2 heterocycles. The minimum Gasteiger partial charge on any atom is -0.456 e. The maximum absolute atomic E-state index is 12.8. The number of imide groups is 1. The number of amides is 2. The third-order valence-electron chi connectivity index (χ3n) is 6.64. The summed E-state index contributed by atoms with van der Waals surface area (Å²) < 4.78 is 36.0. The van der Waals surface area contributed by atoms with Crippen molar-refractivity contribution in [1.29, 1.82) is 0 Å². The largest absolute Gasteiger partial charge is 0.456 e. The average Bonchev–Trinajstić information content (AvgIpc) is 3.26. The number of alkyl halides is 2. The molecule has 0 bridgehead atoms. The maximum atomic E-state index is 12.8. The standard InChI is InChI=1S/C25H26F2N2O6/c1-14-11-20(15(2)29(14)16-7-9-17(10-8-16)35-25(26)27)21(30)13-34-22(31)12-28-23(32)18-5-3-4-6-19(18)24(28)33/h7-11,18-19,25H,3-6,12-13H2,1-2H3. The normalized spacial score (nSPS) is 19.7. The average molecular weight is 488 g/mol. The van der Waals surface area contributed by atoms with Crippen LogP contribution in [0, 0.1) is 25.7 Å². The number of rotatable bonds is 8. The predicted molar refractivity (Wildman–Crippen MR) is 119 cm³/mol. The number of Topliss-reactive ketones (excluding diaryl/α,β-unsaturated/α-hetero) is 1. The number of ketones is 1. The molecular formula is C25H26F2N2O6. The molecule has 186 valence electrons. The van der Waals surface area contributed by atoms with Crippen molar-refractivity contribution in [2.75, 3.05) is 13.2 Å². The molecule has 1 aromatic heterocycles. The van der Waals surface area contributed by atoms with Crippen LogP contribution < -0.4 is 4.74 Å². The van der Waals surface area contributed by atoms with E-state index in [0.717, 1.165) is 23.4 Å². The molecule has 8 nitrogen and oxygen atoms in total.